The highest BCUT2D eigenvalue weighted by molar-refractivity contribution is 5.98. The third-order valence-corrected chi connectivity index (χ3v) is 10.2. The van der Waals surface area contributed by atoms with Crippen LogP contribution in [0.2, 0.25) is 0 Å². The second-order valence-corrected chi connectivity index (χ2v) is 12.4. The lowest BCUT2D eigenvalue weighted by molar-refractivity contribution is -0.185. The molecule has 0 saturated heterocycles. The number of ether oxygens (including phenoxy) is 2. The molecule has 0 unspecified atom stereocenters. The van der Waals surface area contributed by atoms with Gasteiger partial charge in [-0.3, -0.25) is 14.4 Å². The Morgan fingerprint density at radius 2 is 1.62 bits per heavy atom. The van der Waals surface area contributed by atoms with Crippen molar-refractivity contribution in [3.63, 3.8) is 0 Å². The van der Waals surface area contributed by atoms with Gasteiger partial charge in [-0.05, 0) is 55.1 Å². The average molecular weight is 525 g/mol. The Balaban J connectivity index is 0.00000241. The van der Waals surface area contributed by atoms with E-state index in [4.69, 9.17) is 9.47 Å². The first-order valence-electron chi connectivity index (χ1n) is 12.7. The van der Waals surface area contributed by atoms with Gasteiger partial charge in [-0.15, -0.1) is 0 Å². The molecule has 4 aliphatic rings. The van der Waals surface area contributed by atoms with Gasteiger partial charge in [0.05, 0.1) is 12.2 Å². The minimum Gasteiger partial charge on any atom is -0.459 e. The number of aliphatic hydroxyl groups is 2. The number of rotatable bonds is 3. The molecule has 2 fully saturated rings. The molecule has 0 aromatic carbocycles. The summed E-state index contributed by atoms with van der Waals surface area (Å²) in [6.07, 6.45) is 2.47. The van der Waals surface area contributed by atoms with Crippen LogP contribution >= 0.6 is 0 Å². The fourth-order valence-electron chi connectivity index (χ4n) is 8.22. The lowest BCUT2D eigenvalue weighted by atomic mass is 9.43. The summed E-state index contributed by atoms with van der Waals surface area (Å²) in [5.41, 5.74) is -0.899. The largest absolute Gasteiger partial charge is 0.459 e. The van der Waals surface area contributed by atoms with Crippen LogP contribution in [0.5, 0.6) is 0 Å². The van der Waals surface area contributed by atoms with Crippen LogP contribution in [0.3, 0.4) is 0 Å². The molecule has 2 saturated carbocycles. The number of ketones is 1. The Morgan fingerprint density at radius 1 is 1.05 bits per heavy atom. The average Bonchev–Trinajstić information content (AvgIpc) is 2.92. The van der Waals surface area contributed by atoms with Gasteiger partial charge in [-0.1, -0.05) is 46.3 Å². The minimum atomic E-state index is -0.887. The molecule has 210 valence electrons. The van der Waals surface area contributed by atoms with Gasteiger partial charge in [-0.2, -0.15) is 0 Å². The van der Waals surface area contributed by atoms with Crippen LogP contribution in [0.4, 0.5) is 0 Å². The fraction of sp³-hybridized carbons (Fsp3) is 0.750. The fourth-order valence-corrected chi connectivity index (χ4v) is 8.22. The van der Waals surface area contributed by atoms with Crippen molar-refractivity contribution in [2.45, 2.75) is 99.1 Å². The van der Waals surface area contributed by atoms with Crippen molar-refractivity contribution in [3.8, 4) is 0 Å². The van der Waals surface area contributed by atoms with E-state index in [0.717, 1.165) is 11.1 Å². The Morgan fingerprint density at radius 3 is 2.14 bits per heavy atom. The molecule has 0 aromatic heterocycles. The highest BCUT2D eigenvalue weighted by atomic mass is 16.6. The van der Waals surface area contributed by atoms with Gasteiger partial charge in [0.25, 0.3) is 0 Å². The van der Waals surface area contributed by atoms with Crippen molar-refractivity contribution in [1.82, 2.24) is 0 Å². The van der Waals surface area contributed by atoms with Crippen molar-refractivity contribution in [1.29, 1.82) is 0 Å². The second-order valence-electron chi connectivity index (χ2n) is 12.4. The Labute approximate surface area is 218 Å². The third-order valence-electron chi connectivity index (χ3n) is 10.2. The van der Waals surface area contributed by atoms with Gasteiger partial charge in [0.15, 0.2) is 5.78 Å². The number of aliphatic hydroxyl groups excluding tert-OH is 2. The number of esters is 2. The van der Waals surface area contributed by atoms with Crippen molar-refractivity contribution in [2.75, 3.05) is 0 Å². The maximum absolute atomic E-state index is 14.0. The quantitative estimate of drug-likeness (QED) is 0.418. The number of fused-ring (bicyclic) bond motifs is 5. The van der Waals surface area contributed by atoms with Crippen LogP contribution in [0, 0.1) is 33.5 Å². The van der Waals surface area contributed by atoms with E-state index in [-0.39, 0.29) is 28.6 Å². The van der Waals surface area contributed by atoms with Gasteiger partial charge < -0.3 is 30.6 Å². The number of hydrogen-bond acceptors (Lipinski definition) is 7. The number of carbonyl (C=O) groups is 3. The molecular weight excluding hydrogens is 480 g/mol. The van der Waals surface area contributed by atoms with Crippen molar-refractivity contribution < 1.29 is 45.0 Å². The zero-order valence-corrected chi connectivity index (χ0v) is 23.2. The predicted octanol–water partition coefficient (Wildman–Crippen LogP) is 1.87. The Bertz CT molecular complexity index is 1030. The number of allylic oxidation sites excluding steroid dienone is 2. The van der Waals surface area contributed by atoms with Gasteiger partial charge >= 0.3 is 11.9 Å². The molecule has 0 aliphatic heterocycles. The zero-order valence-electron chi connectivity index (χ0n) is 23.2. The smallest absolute Gasteiger partial charge is 0.303 e. The molecule has 37 heavy (non-hydrogen) atoms. The summed E-state index contributed by atoms with van der Waals surface area (Å²) in [4.78, 5) is 38.0. The molecule has 4 rings (SSSR count). The van der Waals surface area contributed by atoms with E-state index in [1.165, 1.54) is 13.8 Å². The Kier molecular flexibility index (Phi) is 8.08. The molecular formula is C28H44O9. The molecule has 9 nitrogen and oxygen atoms in total. The maximum atomic E-state index is 14.0. The van der Waals surface area contributed by atoms with Gasteiger partial charge in [0.2, 0.25) is 0 Å². The summed E-state index contributed by atoms with van der Waals surface area (Å²) in [5.74, 6) is -1.22. The van der Waals surface area contributed by atoms with Crippen LogP contribution in [-0.4, -0.2) is 63.3 Å². The first-order chi connectivity index (χ1) is 16.0. The molecule has 6 N–H and O–H groups in total. The molecule has 0 spiro atoms. The van der Waals surface area contributed by atoms with E-state index < -0.39 is 58.0 Å². The molecule has 0 bridgehead atoms. The molecule has 9 atom stereocenters. The molecule has 0 heterocycles. The van der Waals surface area contributed by atoms with E-state index in [9.17, 15) is 24.6 Å². The zero-order chi connectivity index (χ0) is 26.3. The van der Waals surface area contributed by atoms with Crippen molar-refractivity contribution >= 4 is 17.7 Å². The SMILES string of the molecule is CC(=O)O[C@H]1C[C@@H]2C(=CC[C@@H]3[C@@]2(C)C(=O)C=C2[C@](C)([C@H](C)O)[C@@H](O)C[C@]23C)C(C)(C)[C@@H]1OC(C)=O.O.O. The molecule has 9 heteroatoms. The van der Waals surface area contributed by atoms with Gasteiger partial charge in [0.1, 0.15) is 12.2 Å². The molecule has 0 aromatic rings. The number of carbonyl (C=O) groups excluding carboxylic acids is 3. The maximum Gasteiger partial charge on any atom is 0.303 e. The highest BCUT2D eigenvalue weighted by Gasteiger charge is 2.68. The second kappa shape index (κ2) is 9.59. The highest BCUT2D eigenvalue weighted by Crippen LogP contribution is 2.70. The predicted molar refractivity (Wildman–Crippen MR) is 136 cm³/mol. The lowest BCUT2D eigenvalue weighted by Crippen LogP contribution is -2.61. The summed E-state index contributed by atoms with van der Waals surface area (Å²) in [5, 5.41) is 21.8. The summed E-state index contributed by atoms with van der Waals surface area (Å²) in [6, 6.07) is 0. The minimum absolute atomic E-state index is 0. The normalized spacial score (nSPS) is 42.3. The standard InChI is InChI=1S/C28H40O7.2H2O/c1-14(29)27(7)21-12-22(32)28(8)18-11-19(34-15(2)30)24(35-16(3)31)25(4,5)17(18)9-10-20(28)26(21,6)13-23(27)33;;/h9,12,14,18-20,23-24,29,33H,10-11,13H2,1-8H3;2*1H2/t14-,18+,19-,20-,23-,24+,26-,27-,28-;;/m0../s1. The van der Waals surface area contributed by atoms with E-state index >= 15 is 0 Å². The lowest BCUT2D eigenvalue weighted by Gasteiger charge is -2.60. The monoisotopic (exact) mass is 524 g/mol. The topological polar surface area (TPSA) is 173 Å². The van der Waals surface area contributed by atoms with Crippen LogP contribution in [-0.2, 0) is 23.9 Å². The first-order valence-corrected chi connectivity index (χ1v) is 12.7. The summed E-state index contributed by atoms with van der Waals surface area (Å²) in [6.45, 7) is 14.3. The van der Waals surface area contributed by atoms with Crippen molar-refractivity contribution in [3.05, 3.63) is 23.3 Å². The van der Waals surface area contributed by atoms with E-state index in [1.54, 1.807) is 13.0 Å². The number of hydrogen-bond donors (Lipinski definition) is 2. The third kappa shape index (κ3) is 4.09. The van der Waals surface area contributed by atoms with Crippen LogP contribution in [0.25, 0.3) is 0 Å². The molecule has 0 amide bonds. The molecule has 0 radical (unpaired) electrons. The van der Waals surface area contributed by atoms with E-state index in [1.807, 2.05) is 27.7 Å². The summed E-state index contributed by atoms with van der Waals surface area (Å²) >= 11 is 0. The Hall–Kier alpha value is -2.07. The molecule has 4 aliphatic carbocycles. The van der Waals surface area contributed by atoms with Gasteiger partial charge in [0, 0.05) is 30.1 Å². The van der Waals surface area contributed by atoms with E-state index in [2.05, 4.69) is 13.0 Å². The summed E-state index contributed by atoms with van der Waals surface area (Å²) in [7, 11) is 0. The van der Waals surface area contributed by atoms with E-state index in [0.29, 0.717) is 19.3 Å². The van der Waals surface area contributed by atoms with Gasteiger partial charge in [-0.25, -0.2) is 0 Å². The summed E-state index contributed by atoms with van der Waals surface area (Å²) < 4.78 is 11.4. The van der Waals surface area contributed by atoms with Crippen LogP contribution in [0.1, 0.15) is 74.7 Å². The van der Waals surface area contributed by atoms with Crippen molar-refractivity contribution in [2.24, 2.45) is 33.5 Å². The van der Waals surface area contributed by atoms with Crippen LogP contribution in [0.15, 0.2) is 23.3 Å². The van der Waals surface area contributed by atoms with Crippen LogP contribution < -0.4 is 0 Å². The first kappa shape index (κ1) is 31.1.